The number of aliphatic carboxylic acids is 1. The van der Waals surface area contributed by atoms with Crippen molar-refractivity contribution in [3.05, 3.63) is 15.6 Å². The van der Waals surface area contributed by atoms with Crippen LogP contribution in [-0.4, -0.2) is 21.8 Å². The van der Waals surface area contributed by atoms with Gasteiger partial charge in [0.05, 0.1) is 17.4 Å². The monoisotopic (exact) mass is 243 g/mol. The largest absolute Gasteiger partial charge is 0.481 e. The molecule has 0 aliphatic carbocycles. The summed E-state index contributed by atoms with van der Waals surface area (Å²) >= 11 is 3.51. The third-order valence-corrected chi connectivity index (χ3v) is 5.23. The second kappa shape index (κ2) is 4.53. The van der Waals surface area contributed by atoms with E-state index < -0.39 is 5.97 Å². The summed E-state index contributed by atoms with van der Waals surface area (Å²) in [5, 5.41) is 10.4. The maximum Gasteiger partial charge on any atom is 0.308 e. The van der Waals surface area contributed by atoms with Crippen molar-refractivity contribution in [1.82, 2.24) is 4.98 Å². The number of thioether (sulfide) groups is 1. The SMILES string of the molecule is Cc1nc(C2CCCS2)sc1CC(=O)O. The van der Waals surface area contributed by atoms with E-state index in [9.17, 15) is 4.79 Å². The summed E-state index contributed by atoms with van der Waals surface area (Å²) < 4.78 is 0. The Bertz CT molecular complexity index is 369. The van der Waals surface area contributed by atoms with E-state index in [1.54, 1.807) is 11.3 Å². The van der Waals surface area contributed by atoms with Crippen LogP contribution in [0.4, 0.5) is 0 Å². The van der Waals surface area contributed by atoms with Gasteiger partial charge in [-0.1, -0.05) is 0 Å². The third-order valence-electron chi connectivity index (χ3n) is 2.43. The van der Waals surface area contributed by atoms with Crippen LogP contribution in [0.3, 0.4) is 0 Å². The van der Waals surface area contributed by atoms with Crippen molar-refractivity contribution in [2.75, 3.05) is 5.75 Å². The molecule has 1 fully saturated rings. The zero-order valence-electron chi connectivity index (χ0n) is 8.52. The molecule has 0 saturated carbocycles. The van der Waals surface area contributed by atoms with E-state index in [4.69, 9.17) is 5.11 Å². The van der Waals surface area contributed by atoms with Crippen molar-refractivity contribution in [3.63, 3.8) is 0 Å². The molecule has 3 nitrogen and oxygen atoms in total. The van der Waals surface area contributed by atoms with E-state index in [1.165, 1.54) is 18.6 Å². The van der Waals surface area contributed by atoms with Gasteiger partial charge in [0.2, 0.25) is 0 Å². The number of carboxylic acid groups (broad SMARTS) is 1. The van der Waals surface area contributed by atoms with Crippen LogP contribution in [0.1, 0.15) is 33.7 Å². The topological polar surface area (TPSA) is 50.2 Å². The molecule has 1 unspecified atom stereocenters. The lowest BCUT2D eigenvalue weighted by molar-refractivity contribution is -0.136. The molecule has 15 heavy (non-hydrogen) atoms. The molecule has 0 radical (unpaired) electrons. The Hall–Kier alpha value is -0.550. The number of hydrogen-bond donors (Lipinski definition) is 1. The van der Waals surface area contributed by atoms with Crippen LogP contribution in [0.15, 0.2) is 0 Å². The van der Waals surface area contributed by atoms with Gasteiger partial charge in [0.15, 0.2) is 0 Å². The zero-order chi connectivity index (χ0) is 10.8. The molecule has 2 heterocycles. The Kier molecular flexibility index (Phi) is 3.31. The van der Waals surface area contributed by atoms with Gasteiger partial charge in [0, 0.05) is 4.88 Å². The summed E-state index contributed by atoms with van der Waals surface area (Å²) in [6, 6.07) is 0. The number of aryl methyl sites for hydroxylation is 1. The van der Waals surface area contributed by atoms with E-state index in [-0.39, 0.29) is 6.42 Å². The van der Waals surface area contributed by atoms with Gasteiger partial charge in [0.1, 0.15) is 5.01 Å². The molecule has 1 aliphatic rings. The smallest absolute Gasteiger partial charge is 0.308 e. The first kappa shape index (κ1) is 11.0. The number of nitrogens with zero attached hydrogens (tertiary/aromatic N) is 1. The zero-order valence-corrected chi connectivity index (χ0v) is 10.2. The summed E-state index contributed by atoms with van der Waals surface area (Å²) in [6.45, 7) is 1.90. The Morgan fingerprint density at radius 2 is 2.47 bits per heavy atom. The summed E-state index contributed by atoms with van der Waals surface area (Å²) in [6.07, 6.45) is 2.55. The van der Waals surface area contributed by atoms with Gasteiger partial charge in [0.25, 0.3) is 0 Å². The van der Waals surface area contributed by atoms with Gasteiger partial charge < -0.3 is 5.11 Å². The normalized spacial score (nSPS) is 20.7. The number of carbonyl (C=O) groups is 1. The average molecular weight is 243 g/mol. The van der Waals surface area contributed by atoms with Gasteiger partial charge in [-0.2, -0.15) is 11.8 Å². The maximum absolute atomic E-state index is 10.6. The molecule has 5 heteroatoms. The highest BCUT2D eigenvalue weighted by atomic mass is 32.2. The first-order valence-electron chi connectivity index (χ1n) is 4.96. The molecule has 0 bridgehead atoms. The number of rotatable bonds is 3. The highest BCUT2D eigenvalue weighted by Gasteiger charge is 2.22. The first-order valence-corrected chi connectivity index (χ1v) is 6.83. The van der Waals surface area contributed by atoms with Crippen LogP contribution in [0, 0.1) is 6.92 Å². The van der Waals surface area contributed by atoms with Crippen molar-refractivity contribution in [3.8, 4) is 0 Å². The Morgan fingerprint density at radius 3 is 3.07 bits per heavy atom. The van der Waals surface area contributed by atoms with Crippen LogP contribution < -0.4 is 0 Å². The van der Waals surface area contributed by atoms with E-state index in [2.05, 4.69) is 4.98 Å². The molecule has 1 aromatic heterocycles. The molecular formula is C10H13NO2S2. The number of hydrogen-bond acceptors (Lipinski definition) is 4. The fraction of sp³-hybridized carbons (Fsp3) is 0.600. The number of thiazole rings is 1. The summed E-state index contributed by atoms with van der Waals surface area (Å²) in [4.78, 5) is 16.0. The number of carboxylic acids is 1. The van der Waals surface area contributed by atoms with Gasteiger partial charge in [-0.25, -0.2) is 4.98 Å². The molecule has 2 rings (SSSR count). The lowest BCUT2D eigenvalue weighted by atomic mass is 10.2. The van der Waals surface area contributed by atoms with E-state index in [0.717, 1.165) is 15.6 Å². The van der Waals surface area contributed by atoms with Crippen LogP contribution in [-0.2, 0) is 11.2 Å². The lowest BCUT2D eigenvalue weighted by Gasteiger charge is -2.01. The molecule has 82 valence electrons. The van der Waals surface area contributed by atoms with Crippen molar-refractivity contribution in [2.24, 2.45) is 0 Å². The fourth-order valence-corrected chi connectivity index (χ4v) is 4.23. The molecule has 1 atom stereocenters. The molecule has 1 N–H and O–H groups in total. The minimum Gasteiger partial charge on any atom is -0.481 e. The van der Waals surface area contributed by atoms with Crippen LogP contribution in [0.25, 0.3) is 0 Å². The molecule has 1 saturated heterocycles. The average Bonchev–Trinajstić information content (AvgIpc) is 2.75. The van der Waals surface area contributed by atoms with Gasteiger partial charge in [-0.3, -0.25) is 4.79 Å². The first-order chi connectivity index (χ1) is 7.16. The molecule has 0 amide bonds. The maximum atomic E-state index is 10.6. The molecular weight excluding hydrogens is 230 g/mol. The molecule has 0 spiro atoms. The molecule has 0 aromatic carbocycles. The third kappa shape index (κ3) is 2.52. The summed E-state index contributed by atoms with van der Waals surface area (Å²) in [7, 11) is 0. The standard InChI is InChI=1S/C10H13NO2S2/c1-6-8(5-9(12)13)15-10(11-6)7-3-2-4-14-7/h7H,2-5H2,1H3,(H,12,13). The van der Waals surface area contributed by atoms with Gasteiger partial charge in [-0.05, 0) is 25.5 Å². The van der Waals surface area contributed by atoms with Crippen molar-refractivity contribution in [2.45, 2.75) is 31.4 Å². The van der Waals surface area contributed by atoms with Crippen LogP contribution in [0.5, 0.6) is 0 Å². The second-order valence-corrected chi connectivity index (χ2v) is 6.06. The molecule has 1 aromatic rings. The summed E-state index contributed by atoms with van der Waals surface area (Å²) in [5.74, 6) is 0.435. The highest BCUT2D eigenvalue weighted by Crippen LogP contribution is 2.42. The second-order valence-electron chi connectivity index (χ2n) is 3.63. The lowest BCUT2D eigenvalue weighted by Crippen LogP contribution is -1.99. The van der Waals surface area contributed by atoms with E-state index >= 15 is 0 Å². The van der Waals surface area contributed by atoms with Gasteiger partial charge in [-0.15, -0.1) is 11.3 Å². The van der Waals surface area contributed by atoms with E-state index in [0.29, 0.717) is 5.25 Å². The minimum atomic E-state index is -0.771. The highest BCUT2D eigenvalue weighted by molar-refractivity contribution is 7.99. The fourth-order valence-electron chi connectivity index (χ4n) is 1.66. The van der Waals surface area contributed by atoms with Crippen molar-refractivity contribution >= 4 is 29.1 Å². The predicted molar refractivity (Wildman–Crippen MR) is 62.6 cm³/mol. The van der Waals surface area contributed by atoms with E-state index in [1.807, 2.05) is 18.7 Å². The minimum absolute atomic E-state index is 0.112. The van der Waals surface area contributed by atoms with Crippen molar-refractivity contribution in [1.29, 1.82) is 0 Å². The van der Waals surface area contributed by atoms with Gasteiger partial charge >= 0.3 is 5.97 Å². The van der Waals surface area contributed by atoms with Crippen molar-refractivity contribution < 1.29 is 9.90 Å². The Morgan fingerprint density at radius 1 is 1.67 bits per heavy atom. The van der Waals surface area contributed by atoms with Crippen LogP contribution in [0.2, 0.25) is 0 Å². The molecule has 1 aliphatic heterocycles. The quantitative estimate of drug-likeness (QED) is 0.886. The van der Waals surface area contributed by atoms with Crippen LogP contribution >= 0.6 is 23.1 Å². The summed E-state index contributed by atoms with van der Waals surface area (Å²) in [5.41, 5.74) is 0.893. The Labute approximate surface area is 96.9 Å². The number of aromatic nitrogens is 1. The predicted octanol–water partition coefficient (Wildman–Crippen LogP) is 2.65. The Balaban J connectivity index is 2.16.